The van der Waals surface area contributed by atoms with Gasteiger partial charge in [-0.1, -0.05) is 30.3 Å². The Hall–Kier alpha value is -1.61. The van der Waals surface area contributed by atoms with E-state index in [9.17, 15) is 0 Å². The van der Waals surface area contributed by atoms with Crippen molar-refractivity contribution in [1.29, 1.82) is 0 Å². The van der Waals surface area contributed by atoms with Gasteiger partial charge in [-0.3, -0.25) is 4.99 Å². The SMILES string of the molecule is CC1=NC(c2ccccc2)C2=C(N1)C(C)(C)OC2(C)C. The molecule has 0 saturated heterocycles. The lowest BCUT2D eigenvalue weighted by molar-refractivity contribution is -0.0587. The summed E-state index contributed by atoms with van der Waals surface area (Å²) in [6, 6.07) is 10.5. The average Bonchev–Trinajstić information content (AvgIpc) is 2.55. The van der Waals surface area contributed by atoms with Gasteiger partial charge >= 0.3 is 0 Å². The molecule has 3 rings (SSSR count). The summed E-state index contributed by atoms with van der Waals surface area (Å²) in [5.41, 5.74) is 3.03. The standard InChI is InChI=1S/C17H22N2O/c1-11-18-14(12-9-7-6-8-10-12)13-15(19-11)17(4,5)20-16(13,2)3/h6-10,14H,1-5H3,(H,18,19). The summed E-state index contributed by atoms with van der Waals surface area (Å²) in [6.07, 6.45) is 0. The highest BCUT2D eigenvalue weighted by atomic mass is 16.5. The molecule has 0 spiro atoms. The minimum absolute atomic E-state index is 0.0456. The second-order valence-electron chi connectivity index (χ2n) is 6.56. The van der Waals surface area contributed by atoms with Crippen LogP contribution in [0.3, 0.4) is 0 Å². The summed E-state index contributed by atoms with van der Waals surface area (Å²) >= 11 is 0. The van der Waals surface area contributed by atoms with E-state index in [2.05, 4.69) is 57.3 Å². The number of nitrogens with zero attached hydrogens (tertiary/aromatic N) is 1. The molecule has 1 aromatic carbocycles. The number of hydrogen-bond donors (Lipinski definition) is 1. The van der Waals surface area contributed by atoms with E-state index in [1.165, 1.54) is 16.8 Å². The molecule has 1 atom stereocenters. The fraction of sp³-hybridized carbons (Fsp3) is 0.471. The topological polar surface area (TPSA) is 33.6 Å². The van der Waals surface area contributed by atoms with Crippen molar-refractivity contribution in [2.75, 3.05) is 0 Å². The Morgan fingerprint density at radius 3 is 2.35 bits per heavy atom. The summed E-state index contributed by atoms with van der Waals surface area (Å²) in [7, 11) is 0. The largest absolute Gasteiger partial charge is 0.359 e. The van der Waals surface area contributed by atoms with Gasteiger partial charge < -0.3 is 10.1 Å². The van der Waals surface area contributed by atoms with Crippen LogP contribution in [0.5, 0.6) is 0 Å². The fourth-order valence-corrected chi connectivity index (χ4v) is 3.40. The molecular formula is C17H22N2O. The third-order valence-electron chi connectivity index (χ3n) is 4.05. The van der Waals surface area contributed by atoms with E-state index >= 15 is 0 Å². The quantitative estimate of drug-likeness (QED) is 0.846. The van der Waals surface area contributed by atoms with Gasteiger partial charge in [-0.2, -0.15) is 0 Å². The minimum Gasteiger partial charge on any atom is -0.359 e. The van der Waals surface area contributed by atoms with E-state index in [0.717, 1.165) is 5.84 Å². The maximum atomic E-state index is 6.27. The molecule has 0 fully saturated rings. The first-order chi connectivity index (χ1) is 9.31. The van der Waals surface area contributed by atoms with Gasteiger partial charge in [0, 0.05) is 5.57 Å². The monoisotopic (exact) mass is 270 g/mol. The number of aliphatic imine (C=N–C) groups is 1. The first-order valence-corrected chi connectivity index (χ1v) is 7.13. The smallest absolute Gasteiger partial charge is 0.104 e. The van der Waals surface area contributed by atoms with Gasteiger partial charge in [-0.25, -0.2) is 0 Å². The zero-order valence-electron chi connectivity index (χ0n) is 12.8. The van der Waals surface area contributed by atoms with Gasteiger partial charge in [0.2, 0.25) is 0 Å². The highest BCUT2D eigenvalue weighted by Crippen LogP contribution is 2.49. The van der Waals surface area contributed by atoms with Crippen molar-refractivity contribution in [2.24, 2.45) is 4.99 Å². The average molecular weight is 270 g/mol. The molecule has 0 bridgehead atoms. The highest BCUT2D eigenvalue weighted by molar-refractivity contribution is 5.84. The van der Waals surface area contributed by atoms with E-state index in [-0.39, 0.29) is 17.2 Å². The van der Waals surface area contributed by atoms with Crippen LogP contribution in [0.2, 0.25) is 0 Å². The Kier molecular flexibility index (Phi) is 2.80. The molecule has 0 saturated carbocycles. The molecule has 0 radical (unpaired) electrons. The van der Waals surface area contributed by atoms with Crippen LogP contribution in [0.4, 0.5) is 0 Å². The fourth-order valence-electron chi connectivity index (χ4n) is 3.40. The predicted molar refractivity (Wildman–Crippen MR) is 81.7 cm³/mol. The number of rotatable bonds is 1. The number of amidine groups is 1. The van der Waals surface area contributed by atoms with Crippen LogP contribution in [-0.4, -0.2) is 17.0 Å². The molecule has 0 aliphatic carbocycles. The van der Waals surface area contributed by atoms with Gasteiger partial charge in [0.25, 0.3) is 0 Å². The minimum atomic E-state index is -0.309. The van der Waals surface area contributed by atoms with Crippen molar-refractivity contribution in [3.05, 3.63) is 47.2 Å². The molecule has 0 amide bonds. The molecule has 1 N–H and O–H groups in total. The van der Waals surface area contributed by atoms with Gasteiger partial charge in [0.1, 0.15) is 11.6 Å². The number of benzene rings is 1. The zero-order chi connectivity index (χ0) is 14.5. The first-order valence-electron chi connectivity index (χ1n) is 7.13. The molecule has 20 heavy (non-hydrogen) atoms. The summed E-state index contributed by atoms with van der Waals surface area (Å²) < 4.78 is 6.27. The second-order valence-corrected chi connectivity index (χ2v) is 6.56. The molecular weight excluding hydrogens is 248 g/mol. The van der Waals surface area contributed by atoms with Crippen LogP contribution in [-0.2, 0) is 4.74 Å². The van der Waals surface area contributed by atoms with Crippen LogP contribution in [0.1, 0.15) is 46.2 Å². The Morgan fingerprint density at radius 1 is 1.05 bits per heavy atom. The van der Waals surface area contributed by atoms with Crippen LogP contribution in [0, 0.1) is 0 Å². The van der Waals surface area contributed by atoms with Gasteiger partial charge in [-0.15, -0.1) is 0 Å². The van der Waals surface area contributed by atoms with Crippen molar-refractivity contribution in [3.63, 3.8) is 0 Å². The lowest BCUT2D eigenvalue weighted by Gasteiger charge is -2.30. The molecule has 1 aromatic rings. The van der Waals surface area contributed by atoms with Gasteiger partial charge in [0.15, 0.2) is 0 Å². The van der Waals surface area contributed by atoms with Crippen molar-refractivity contribution >= 4 is 5.84 Å². The van der Waals surface area contributed by atoms with E-state index in [1.54, 1.807) is 0 Å². The van der Waals surface area contributed by atoms with Crippen molar-refractivity contribution in [3.8, 4) is 0 Å². The Bertz CT molecular complexity index is 597. The van der Waals surface area contributed by atoms with Gasteiger partial charge in [0.05, 0.1) is 17.1 Å². The normalized spacial score (nSPS) is 26.9. The van der Waals surface area contributed by atoms with Crippen LogP contribution >= 0.6 is 0 Å². The number of nitrogens with one attached hydrogen (secondary N) is 1. The van der Waals surface area contributed by atoms with E-state index < -0.39 is 0 Å². The Morgan fingerprint density at radius 2 is 1.70 bits per heavy atom. The third kappa shape index (κ3) is 1.97. The molecule has 3 nitrogen and oxygen atoms in total. The van der Waals surface area contributed by atoms with Crippen LogP contribution in [0.25, 0.3) is 0 Å². The van der Waals surface area contributed by atoms with Crippen LogP contribution < -0.4 is 5.32 Å². The maximum absolute atomic E-state index is 6.27. The lowest BCUT2D eigenvalue weighted by Crippen LogP contribution is -2.36. The summed E-state index contributed by atoms with van der Waals surface area (Å²) in [6.45, 7) is 10.5. The van der Waals surface area contributed by atoms with E-state index in [4.69, 9.17) is 9.73 Å². The van der Waals surface area contributed by atoms with Crippen molar-refractivity contribution < 1.29 is 4.74 Å². The number of hydrogen-bond acceptors (Lipinski definition) is 3. The van der Waals surface area contributed by atoms with Crippen molar-refractivity contribution in [2.45, 2.75) is 51.9 Å². The maximum Gasteiger partial charge on any atom is 0.104 e. The zero-order valence-corrected chi connectivity index (χ0v) is 12.8. The molecule has 2 aliphatic rings. The number of ether oxygens (including phenoxy) is 1. The molecule has 2 aliphatic heterocycles. The van der Waals surface area contributed by atoms with E-state index in [1.807, 2.05) is 13.0 Å². The van der Waals surface area contributed by atoms with Crippen molar-refractivity contribution in [1.82, 2.24) is 5.32 Å². The third-order valence-corrected chi connectivity index (χ3v) is 4.05. The molecule has 106 valence electrons. The highest BCUT2D eigenvalue weighted by Gasteiger charge is 2.49. The van der Waals surface area contributed by atoms with Crippen LogP contribution in [0.15, 0.2) is 46.6 Å². The summed E-state index contributed by atoms with van der Waals surface area (Å²) in [5, 5.41) is 3.43. The predicted octanol–water partition coefficient (Wildman–Crippen LogP) is 3.59. The lowest BCUT2D eigenvalue weighted by atomic mass is 9.85. The molecule has 1 unspecified atom stereocenters. The first kappa shape index (κ1) is 13.4. The molecule has 2 heterocycles. The second kappa shape index (κ2) is 4.19. The van der Waals surface area contributed by atoms with E-state index in [0.29, 0.717) is 0 Å². The summed E-state index contributed by atoms with van der Waals surface area (Å²) in [4.78, 5) is 4.82. The Balaban J connectivity index is 2.16. The molecule has 0 aromatic heterocycles. The molecule has 3 heteroatoms. The summed E-state index contributed by atoms with van der Waals surface area (Å²) in [5.74, 6) is 0.951. The van der Waals surface area contributed by atoms with Gasteiger partial charge in [-0.05, 0) is 40.2 Å². The Labute approximate surface area is 120 Å².